The molecule has 0 aliphatic rings. The minimum absolute atomic E-state index is 0.237. The Labute approximate surface area is 115 Å². The second-order valence-electron chi connectivity index (χ2n) is 5.35. The van der Waals surface area contributed by atoms with Gasteiger partial charge in [0.15, 0.2) is 0 Å². The number of hydrogen-bond donors (Lipinski definition) is 0. The fraction of sp³-hybridized carbons (Fsp3) is 0.615. The van der Waals surface area contributed by atoms with Gasteiger partial charge in [-0.3, -0.25) is 4.79 Å². The first-order valence-electron chi connectivity index (χ1n) is 6.08. The first-order chi connectivity index (χ1) is 9.07. The van der Waals surface area contributed by atoms with Crippen LogP contribution in [-0.2, 0) is 16.1 Å². The van der Waals surface area contributed by atoms with Crippen LogP contribution in [0.2, 0.25) is 0 Å². The van der Waals surface area contributed by atoms with E-state index in [0.717, 1.165) is 0 Å². The summed E-state index contributed by atoms with van der Waals surface area (Å²) in [7, 11) is 0. The molecule has 114 valence electrons. The van der Waals surface area contributed by atoms with Gasteiger partial charge in [0.2, 0.25) is 5.91 Å². The lowest BCUT2D eigenvalue weighted by Crippen LogP contribution is -2.41. The lowest BCUT2D eigenvalue weighted by molar-refractivity contribution is -0.167. The molecule has 0 atom stereocenters. The van der Waals surface area contributed by atoms with Crippen LogP contribution in [0.5, 0.6) is 0 Å². The molecule has 0 unspecified atom stereocenters. The summed E-state index contributed by atoms with van der Waals surface area (Å²) >= 11 is 0. The Morgan fingerprint density at radius 3 is 2.45 bits per heavy atom. The third kappa shape index (κ3) is 6.60. The lowest BCUT2D eigenvalue weighted by atomic mass is 10.2. The third-order valence-electron chi connectivity index (χ3n) is 2.28. The molecular formula is C13H18F3NO3. The minimum atomic E-state index is -4.47. The van der Waals surface area contributed by atoms with Crippen LogP contribution in [0.1, 0.15) is 26.5 Å². The van der Waals surface area contributed by atoms with E-state index in [2.05, 4.69) is 0 Å². The smallest absolute Gasteiger partial charge is 0.406 e. The zero-order valence-corrected chi connectivity index (χ0v) is 11.7. The standard InChI is InChI=1S/C13H18F3NO3/c1-12(2,3)20-8-11(18)17(9-13(14,15)16)7-10-5-4-6-19-10/h4-6H,7-9H2,1-3H3. The molecule has 1 amide bonds. The Morgan fingerprint density at radius 2 is 2.00 bits per heavy atom. The highest BCUT2D eigenvalue weighted by molar-refractivity contribution is 5.77. The highest BCUT2D eigenvalue weighted by Crippen LogP contribution is 2.19. The van der Waals surface area contributed by atoms with Gasteiger partial charge in [-0.2, -0.15) is 13.2 Å². The van der Waals surface area contributed by atoms with Crippen LogP contribution in [0.4, 0.5) is 13.2 Å². The van der Waals surface area contributed by atoms with Crippen LogP contribution in [0.25, 0.3) is 0 Å². The minimum Gasteiger partial charge on any atom is -0.467 e. The number of ether oxygens (including phenoxy) is 1. The van der Waals surface area contributed by atoms with Crippen molar-refractivity contribution in [1.82, 2.24) is 4.90 Å². The molecule has 0 saturated carbocycles. The Bertz CT molecular complexity index is 421. The number of furan rings is 1. The highest BCUT2D eigenvalue weighted by Gasteiger charge is 2.33. The zero-order chi connectivity index (χ0) is 15.4. The van der Waals surface area contributed by atoms with Gasteiger partial charge in [-0.05, 0) is 32.9 Å². The van der Waals surface area contributed by atoms with Crippen molar-refractivity contribution in [3.8, 4) is 0 Å². The molecule has 1 aromatic rings. The van der Waals surface area contributed by atoms with E-state index in [1.165, 1.54) is 12.3 Å². The number of nitrogens with zero attached hydrogens (tertiary/aromatic N) is 1. The predicted molar refractivity (Wildman–Crippen MR) is 65.9 cm³/mol. The van der Waals surface area contributed by atoms with Crippen LogP contribution >= 0.6 is 0 Å². The third-order valence-corrected chi connectivity index (χ3v) is 2.28. The maximum absolute atomic E-state index is 12.5. The summed E-state index contributed by atoms with van der Waals surface area (Å²) in [6.45, 7) is 3.20. The lowest BCUT2D eigenvalue weighted by Gasteiger charge is -2.25. The van der Waals surface area contributed by atoms with Gasteiger partial charge in [-0.25, -0.2) is 0 Å². The summed E-state index contributed by atoms with van der Waals surface area (Å²) in [5, 5.41) is 0. The second kappa shape index (κ2) is 6.30. The number of amides is 1. The number of halogens is 3. The Kier molecular flexibility index (Phi) is 5.21. The normalized spacial score (nSPS) is 12.5. The van der Waals surface area contributed by atoms with Gasteiger partial charge in [-0.15, -0.1) is 0 Å². The molecule has 4 nitrogen and oxygen atoms in total. The molecule has 0 saturated heterocycles. The van der Waals surface area contributed by atoms with Crippen LogP contribution in [0.15, 0.2) is 22.8 Å². The Hall–Kier alpha value is -1.50. The van der Waals surface area contributed by atoms with E-state index in [1.807, 2.05) is 0 Å². The molecule has 0 aromatic carbocycles. The Balaban J connectivity index is 2.68. The number of rotatable bonds is 5. The molecule has 0 spiro atoms. The summed E-state index contributed by atoms with van der Waals surface area (Å²) in [5.74, 6) is -0.438. The van der Waals surface area contributed by atoms with Gasteiger partial charge in [-0.1, -0.05) is 0 Å². The van der Waals surface area contributed by atoms with Crippen molar-refractivity contribution < 1.29 is 27.1 Å². The SMILES string of the molecule is CC(C)(C)OCC(=O)N(Cc1ccco1)CC(F)(F)F. The number of carbonyl (C=O) groups excluding carboxylic acids is 1. The van der Waals surface area contributed by atoms with Crippen molar-refractivity contribution in [2.75, 3.05) is 13.2 Å². The first-order valence-corrected chi connectivity index (χ1v) is 6.08. The molecule has 7 heteroatoms. The fourth-order valence-electron chi connectivity index (χ4n) is 1.41. The van der Waals surface area contributed by atoms with E-state index in [4.69, 9.17) is 9.15 Å². The van der Waals surface area contributed by atoms with Crippen LogP contribution in [0.3, 0.4) is 0 Å². The van der Waals surface area contributed by atoms with Gasteiger partial charge in [0.1, 0.15) is 18.9 Å². The molecule has 0 radical (unpaired) electrons. The molecule has 1 rings (SSSR count). The van der Waals surface area contributed by atoms with E-state index >= 15 is 0 Å². The van der Waals surface area contributed by atoms with E-state index in [-0.39, 0.29) is 6.54 Å². The summed E-state index contributed by atoms with van der Waals surface area (Å²) in [5.41, 5.74) is -0.593. The topological polar surface area (TPSA) is 42.7 Å². The molecule has 0 N–H and O–H groups in total. The van der Waals surface area contributed by atoms with Gasteiger partial charge in [0.05, 0.1) is 18.4 Å². The van der Waals surface area contributed by atoms with Crippen LogP contribution < -0.4 is 0 Å². The Morgan fingerprint density at radius 1 is 1.35 bits per heavy atom. The number of alkyl halides is 3. The van der Waals surface area contributed by atoms with Gasteiger partial charge in [0, 0.05) is 0 Å². The molecule has 0 aliphatic heterocycles. The monoisotopic (exact) mass is 293 g/mol. The average Bonchev–Trinajstić information content (AvgIpc) is 2.74. The summed E-state index contributed by atoms with van der Waals surface area (Å²) < 4.78 is 47.7. The molecule has 0 aliphatic carbocycles. The molecule has 0 fully saturated rings. The van der Waals surface area contributed by atoms with Crippen LogP contribution in [-0.4, -0.2) is 35.7 Å². The highest BCUT2D eigenvalue weighted by atomic mass is 19.4. The van der Waals surface area contributed by atoms with Crippen molar-refractivity contribution >= 4 is 5.91 Å². The van der Waals surface area contributed by atoms with E-state index in [9.17, 15) is 18.0 Å². The number of carbonyl (C=O) groups is 1. The zero-order valence-electron chi connectivity index (χ0n) is 11.7. The van der Waals surface area contributed by atoms with Crippen molar-refractivity contribution in [1.29, 1.82) is 0 Å². The molecule has 1 heterocycles. The maximum atomic E-state index is 12.5. The van der Waals surface area contributed by atoms with Crippen molar-refractivity contribution in [2.45, 2.75) is 39.1 Å². The van der Waals surface area contributed by atoms with Crippen molar-refractivity contribution in [3.63, 3.8) is 0 Å². The molecule has 1 aromatic heterocycles. The van der Waals surface area contributed by atoms with Gasteiger partial charge < -0.3 is 14.1 Å². The van der Waals surface area contributed by atoms with Gasteiger partial charge >= 0.3 is 6.18 Å². The molecule has 0 bridgehead atoms. The maximum Gasteiger partial charge on any atom is 0.406 e. The molecule has 20 heavy (non-hydrogen) atoms. The predicted octanol–water partition coefficient (Wildman–Crippen LogP) is 2.99. The largest absolute Gasteiger partial charge is 0.467 e. The first kappa shape index (κ1) is 16.6. The summed E-state index contributed by atoms with van der Waals surface area (Å²) in [4.78, 5) is 12.5. The van der Waals surface area contributed by atoms with E-state index in [1.54, 1.807) is 26.8 Å². The summed E-state index contributed by atoms with van der Waals surface area (Å²) in [6, 6.07) is 3.07. The van der Waals surface area contributed by atoms with Crippen molar-refractivity contribution in [2.24, 2.45) is 0 Å². The molecular weight excluding hydrogens is 275 g/mol. The van der Waals surface area contributed by atoms with Crippen molar-refractivity contribution in [3.05, 3.63) is 24.2 Å². The van der Waals surface area contributed by atoms with Crippen LogP contribution in [0, 0.1) is 0 Å². The number of hydrogen-bond acceptors (Lipinski definition) is 3. The van der Waals surface area contributed by atoms with E-state index in [0.29, 0.717) is 10.7 Å². The average molecular weight is 293 g/mol. The quantitative estimate of drug-likeness (QED) is 0.838. The van der Waals surface area contributed by atoms with E-state index < -0.39 is 30.8 Å². The summed E-state index contributed by atoms with van der Waals surface area (Å²) in [6.07, 6.45) is -3.12. The fourth-order valence-corrected chi connectivity index (χ4v) is 1.41. The second-order valence-corrected chi connectivity index (χ2v) is 5.35. The van der Waals surface area contributed by atoms with Gasteiger partial charge in [0.25, 0.3) is 0 Å².